The molecule has 0 aliphatic carbocycles. The number of aromatic amines is 1. The molecule has 0 saturated heterocycles. The van der Waals surface area contributed by atoms with Crippen LogP contribution >= 0.6 is 0 Å². The van der Waals surface area contributed by atoms with Crippen LogP contribution < -0.4 is 11.1 Å². The van der Waals surface area contributed by atoms with Crippen LogP contribution in [0.25, 0.3) is 16.5 Å². The molecule has 1 heterocycles. The van der Waals surface area contributed by atoms with E-state index in [0.717, 1.165) is 55.8 Å². The monoisotopic (exact) mass is 408 g/mol. The summed E-state index contributed by atoms with van der Waals surface area (Å²) >= 11 is 0. The maximum Gasteiger partial charge on any atom is 0.0640 e. The molecule has 0 aliphatic rings. The molecule has 0 bridgehead atoms. The fraction of sp³-hybridized carbons (Fsp3) is 0.148. The molecule has 0 fully saturated rings. The lowest BCUT2D eigenvalue weighted by Crippen LogP contribution is -2.02. The quantitative estimate of drug-likeness (QED) is 0.258. The van der Waals surface area contributed by atoms with Gasteiger partial charge in [-0.15, -0.1) is 6.42 Å². The molecule has 0 amide bonds. The number of fused-ring (bicyclic) bond motifs is 1. The molecule has 31 heavy (non-hydrogen) atoms. The normalized spacial score (nSPS) is 11.9. The average molecular weight is 409 g/mol. The van der Waals surface area contributed by atoms with Crippen molar-refractivity contribution >= 4 is 28.4 Å². The third-order valence-electron chi connectivity index (χ3n) is 5.01. The first-order valence-corrected chi connectivity index (χ1v) is 10.1. The molecule has 0 atom stereocenters. The van der Waals surface area contributed by atoms with E-state index in [-0.39, 0.29) is 0 Å². The zero-order chi connectivity index (χ0) is 22.5. The highest BCUT2D eigenvalue weighted by Gasteiger charge is 2.10. The summed E-state index contributed by atoms with van der Waals surface area (Å²) in [5, 5.41) is 4.35. The molecule has 0 saturated carbocycles. The lowest BCUT2D eigenvalue weighted by atomic mass is 10.0. The Hall–Kier alpha value is -3.97. The Morgan fingerprint density at radius 1 is 1.19 bits per heavy atom. The van der Waals surface area contributed by atoms with E-state index in [0.29, 0.717) is 12.2 Å². The molecule has 3 aromatic rings. The minimum atomic E-state index is 0.535. The Morgan fingerprint density at radius 2 is 1.97 bits per heavy atom. The molecule has 0 radical (unpaired) electrons. The van der Waals surface area contributed by atoms with E-state index in [2.05, 4.69) is 59.5 Å². The van der Waals surface area contributed by atoms with Crippen LogP contribution in [0.2, 0.25) is 0 Å². The fourth-order valence-corrected chi connectivity index (χ4v) is 3.32. The lowest BCUT2D eigenvalue weighted by molar-refractivity contribution is 1.07. The van der Waals surface area contributed by atoms with Crippen molar-refractivity contribution < 1.29 is 0 Å². The van der Waals surface area contributed by atoms with Crippen LogP contribution in [0.4, 0.5) is 5.69 Å². The van der Waals surface area contributed by atoms with Crippen molar-refractivity contribution in [3.63, 3.8) is 0 Å². The second-order valence-corrected chi connectivity index (χ2v) is 7.73. The van der Waals surface area contributed by atoms with Crippen molar-refractivity contribution in [2.75, 3.05) is 5.32 Å². The summed E-state index contributed by atoms with van der Waals surface area (Å²) in [6.45, 7) is 14.6. The Morgan fingerprint density at radius 3 is 2.65 bits per heavy atom. The van der Waals surface area contributed by atoms with Crippen molar-refractivity contribution in [3.05, 3.63) is 95.0 Å². The van der Waals surface area contributed by atoms with Crippen LogP contribution in [0, 0.1) is 19.3 Å². The van der Waals surface area contributed by atoms with Gasteiger partial charge in [-0.1, -0.05) is 37.3 Å². The van der Waals surface area contributed by atoms with Crippen LogP contribution in [0.3, 0.4) is 0 Å². The summed E-state index contributed by atoms with van der Waals surface area (Å²) in [7, 11) is 0. The number of hydrogen-bond acceptors (Lipinski definition) is 3. The highest BCUT2D eigenvalue weighted by molar-refractivity contribution is 6.02. The van der Waals surface area contributed by atoms with E-state index >= 15 is 0 Å². The maximum absolute atomic E-state index is 6.16. The van der Waals surface area contributed by atoms with Gasteiger partial charge in [0.05, 0.1) is 6.54 Å². The minimum absolute atomic E-state index is 0.535. The van der Waals surface area contributed by atoms with Crippen molar-refractivity contribution in [1.82, 2.24) is 4.98 Å². The highest BCUT2D eigenvalue weighted by Crippen LogP contribution is 2.26. The predicted octanol–water partition coefficient (Wildman–Crippen LogP) is 5.92. The second-order valence-electron chi connectivity index (χ2n) is 7.73. The number of nitrogens with one attached hydrogen (secondary N) is 2. The SMILES string of the molecule is C#Cc1ccc2cc(C(=C)/C(C=NCc3ccc(C)c(NC(=C)C)c3)=C(/C)N)[nH]c2c1. The Bertz CT molecular complexity index is 1260. The summed E-state index contributed by atoms with van der Waals surface area (Å²) in [5.41, 5.74) is 15.3. The molecule has 0 unspecified atom stereocenters. The molecule has 3 rings (SSSR count). The van der Waals surface area contributed by atoms with Gasteiger partial charge in [0, 0.05) is 56.6 Å². The van der Waals surface area contributed by atoms with E-state index < -0.39 is 0 Å². The number of rotatable bonds is 7. The van der Waals surface area contributed by atoms with Crippen LogP contribution in [-0.2, 0) is 6.54 Å². The van der Waals surface area contributed by atoms with Gasteiger partial charge >= 0.3 is 0 Å². The number of allylic oxidation sites excluding steroid dienone is 4. The topological polar surface area (TPSA) is 66.2 Å². The first-order valence-electron chi connectivity index (χ1n) is 10.1. The number of anilines is 1. The number of aromatic nitrogens is 1. The highest BCUT2D eigenvalue weighted by atomic mass is 14.9. The first kappa shape index (κ1) is 21.7. The average Bonchev–Trinajstić information content (AvgIpc) is 3.15. The molecular formula is C27H28N4. The van der Waals surface area contributed by atoms with E-state index in [4.69, 9.17) is 12.2 Å². The number of nitrogens with two attached hydrogens (primary N) is 1. The van der Waals surface area contributed by atoms with Gasteiger partial charge in [0.15, 0.2) is 0 Å². The number of terminal acetylenes is 1. The molecule has 0 spiro atoms. The van der Waals surface area contributed by atoms with Crippen molar-refractivity contribution in [2.45, 2.75) is 27.3 Å². The van der Waals surface area contributed by atoms with Crippen LogP contribution in [-0.4, -0.2) is 11.2 Å². The van der Waals surface area contributed by atoms with Crippen LogP contribution in [0.5, 0.6) is 0 Å². The number of benzene rings is 2. The van der Waals surface area contributed by atoms with Gasteiger partial charge in [-0.3, -0.25) is 4.99 Å². The zero-order valence-electron chi connectivity index (χ0n) is 18.3. The lowest BCUT2D eigenvalue weighted by Gasteiger charge is -2.11. The van der Waals surface area contributed by atoms with E-state index in [1.54, 1.807) is 6.21 Å². The molecule has 4 N–H and O–H groups in total. The van der Waals surface area contributed by atoms with Gasteiger partial charge in [0.25, 0.3) is 0 Å². The third kappa shape index (κ3) is 5.15. The molecule has 156 valence electrons. The number of aliphatic imine (C=N–C) groups is 1. The molecule has 0 aliphatic heterocycles. The van der Waals surface area contributed by atoms with Gasteiger partial charge in [-0.25, -0.2) is 0 Å². The molecule has 4 nitrogen and oxygen atoms in total. The molecular weight excluding hydrogens is 380 g/mol. The summed E-state index contributed by atoms with van der Waals surface area (Å²) < 4.78 is 0. The van der Waals surface area contributed by atoms with Crippen LogP contribution in [0.15, 0.2) is 77.6 Å². The van der Waals surface area contributed by atoms with Crippen LogP contribution in [0.1, 0.15) is 36.2 Å². The smallest absolute Gasteiger partial charge is 0.0640 e. The van der Waals surface area contributed by atoms with Crippen molar-refractivity contribution in [3.8, 4) is 12.3 Å². The van der Waals surface area contributed by atoms with E-state index in [9.17, 15) is 0 Å². The predicted molar refractivity (Wildman–Crippen MR) is 134 cm³/mol. The van der Waals surface area contributed by atoms with Gasteiger partial charge < -0.3 is 16.0 Å². The minimum Gasteiger partial charge on any atom is -0.402 e. The largest absolute Gasteiger partial charge is 0.402 e. The van der Waals surface area contributed by atoms with Gasteiger partial charge in [0.1, 0.15) is 0 Å². The Kier molecular flexibility index (Phi) is 6.47. The number of aryl methyl sites for hydroxylation is 1. The summed E-state index contributed by atoms with van der Waals surface area (Å²) in [5.74, 6) is 2.66. The molecule has 1 aromatic heterocycles. The molecule has 2 aromatic carbocycles. The fourth-order valence-electron chi connectivity index (χ4n) is 3.32. The van der Waals surface area contributed by atoms with Gasteiger partial charge in [0.2, 0.25) is 0 Å². The third-order valence-corrected chi connectivity index (χ3v) is 5.01. The molecule has 4 heteroatoms. The Balaban J connectivity index is 1.81. The Labute approximate surface area is 184 Å². The van der Waals surface area contributed by atoms with E-state index in [1.807, 2.05) is 38.1 Å². The van der Waals surface area contributed by atoms with Gasteiger partial charge in [-0.05, 0) is 56.2 Å². The van der Waals surface area contributed by atoms with Gasteiger partial charge in [-0.2, -0.15) is 0 Å². The van der Waals surface area contributed by atoms with Crippen molar-refractivity contribution in [1.29, 1.82) is 0 Å². The summed E-state index contributed by atoms with van der Waals surface area (Å²) in [4.78, 5) is 8.01. The standard InChI is InChI=1S/C27H28N4/c1-7-21-10-11-23-14-26(31-27(23)12-21)19(5)24(20(6)28)16-29-15-22-9-8-18(4)25(13-22)30-17(2)3/h1,8-14,16,30-31H,2,5,15,28H2,3-4,6H3/b24-20-,29-16?. The van der Waals surface area contributed by atoms with Crippen molar-refractivity contribution in [2.24, 2.45) is 10.7 Å². The first-order chi connectivity index (χ1) is 14.8. The zero-order valence-corrected chi connectivity index (χ0v) is 18.3. The maximum atomic E-state index is 6.16. The number of H-pyrrole nitrogens is 1. The summed E-state index contributed by atoms with van der Waals surface area (Å²) in [6.07, 6.45) is 7.30. The second kappa shape index (κ2) is 9.23. The number of hydrogen-bond donors (Lipinski definition) is 3. The summed E-state index contributed by atoms with van der Waals surface area (Å²) in [6, 6.07) is 14.2. The number of nitrogens with zero attached hydrogens (tertiary/aromatic N) is 1. The van der Waals surface area contributed by atoms with E-state index in [1.165, 1.54) is 0 Å².